The molecule has 0 saturated carbocycles. The second-order valence-corrected chi connectivity index (χ2v) is 29.2. The van der Waals surface area contributed by atoms with Gasteiger partial charge >= 0.3 is 39.5 Å². The number of ether oxygens (including phenoxy) is 4. The van der Waals surface area contributed by atoms with Gasteiger partial charge in [-0.3, -0.25) is 37.3 Å². The molecule has 0 aliphatic carbocycles. The zero-order valence-electron chi connectivity index (χ0n) is 63.1. The summed E-state index contributed by atoms with van der Waals surface area (Å²) in [6.45, 7) is 4.57. The summed E-state index contributed by atoms with van der Waals surface area (Å²) < 4.78 is 68.4. The van der Waals surface area contributed by atoms with Gasteiger partial charge in [-0.2, -0.15) is 0 Å². The highest BCUT2D eigenvalue weighted by Gasteiger charge is 2.30. The molecule has 5 unspecified atom stereocenters. The number of allylic oxidation sites excluding steroid dienone is 15. The van der Waals surface area contributed by atoms with E-state index in [1.165, 1.54) is 135 Å². The van der Waals surface area contributed by atoms with Gasteiger partial charge < -0.3 is 33.8 Å². The molecule has 0 aromatic rings. The number of carbonyl (C=O) groups excluding carboxylic acids is 4. The first kappa shape index (κ1) is 96.0. The van der Waals surface area contributed by atoms with Gasteiger partial charge in [0.1, 0.15) is 19.3 Å². The number of hydrogen-bond donors (Lipinski definition) is 3. The van der Waals surface area contributed by atoms with Gasteiger partial charge in [0, 0.05) is 19.3 Å². The van der Waals surface area contributed by atoms with Crippen LogP contribution in [0.2, 0.25) is 0 Å². The van der Waals surface area contributed by atoms with E-state index in [0.717, 1.165) is 122 Å². The third kappa shape index (κ3) is 72.3. The fourth-order valence-corrected chi connectivity index (χ4v) is 12.2. The SMILES string of the molecule is CC/C=C\C/C=C\C/C=C\C/C=C\C/C=C\CC(=O)OCC(COP(=O)(O)OCC(O)COP(=O)(O)OCC(COC(=O)CCCCCCCCCCCCCCCCC)OC(=O)CCCCCCCCCCCCCCCCC)OC(=O)CCCCCCC/C=C\C/C=C\C/C=C\CC. The molecule has 5 atom stereocenters. The molecule has 0 saturated heterocycles. The van der Waals surface area contributed by atoms with E-state index in [-0.39, 0.29) is 25.7 Å². The van der Waals surface area contributed by atoms with Crippen LogP contribution in [0.4, 0.5) is 0 Å². The normalized spacial score (nSPS) is 14.4. The second kappa shape index (κ2) is 73.3. The zero-order valence-corrected chi connectivity index (χ0v) is 64.9. The number of rotatable bonds is 74. The summed E-state index contributed by atoms with van der Waals surface area (Å²) in [5, 5.41) is 10.6. The Balaban J connectivity index is 5.40. The molecule has 19 heteroatoms. The van der Waals surface area contributed by atoms with Gasteiger partial charge in [-0.15, -0.1) is 0 Å². The predicted octanol–water partition coefficient (Wildman–Crippen LogP) is 22.8. The van der Waals surface area contributed by atoms with Crippen LogP contribution in [0.15, 0.2) is 97.2 Å². The third-order valence-electron chi connectivity index (χ3n) is 16.6. The fraction of sp³-hybridized carbons (Fsp3) is 0.753. The molecule has 0 aliphatic heterocycles. The first-order valence-electron chi connectivity index (χ1n) is 39.5. The summed E-state index contributed by atoms with van der Waals surface area (Å²) >= 11 is 0. The van der Waals surface area contributed by atoms with E-state index in [0.29, 0.717) is 25.7 Å². The fourth-order valence-electron chi connectivity index (χ4n) is 10.7. The van der Waals surface area contributed by atoms with Gasteiger partial charge in [-0.1, -0.05) is 324 Å². The first-order chi connectivity index (χ1) is 48.7. The van der Waals surface area contributed by atoms with Gasteiger partial charge in [-0.25, -0.2) is 9.13 Å². The maximum absolute atomic E-state index is 13.1. The lowest BCUT2D eigenvalue weighted by atomic mass is 10.0. The average Bonchev–Trinajstić information content (AvgIpc) is 1.01. The van der Waals surface area contributed by atoms with E-state index in [1.54, 1.807) is 6.08 Å². The van der Waals surface area contributed by atoms with Crippen LogP contribution in [0, 0.1) is 0 Å². The molecule has 0 fully saturated rings. The number of esters is 4. The molecule has 0 rings (SSSR count). The van der Waals surface area contributed by atoms with Crippen molar-refractivity contribution in [1.29, 1.82) is 0 Å². The molecule has 0 aromatic heterocycles. The minimum Gasteiger partial charge on any atom is -0.462 e. The van der Waals surface area contributed by atoms with Gasteiger partial charge in [0.05, 0.1) is 32.8 Å². The average molecular weight is 1450 g/mol. The number of aliphatic hydroxyl groups excluding tert-OH is 1. The van der Waals surface area contributed by atoms with Crippen molar-refractivity contribution in [2.45, 2.75) is 354 Å². The molecule has 0 spiro atoms. The van der Waals surface area contributed by atoms with Crippen LogP contribution < -0.4 is 0 Å². The molecule has 100 heavy (non-hydrogen) atoms. The maximum atomic E-state index is 13.1. The summed E-state index contributed by atoms with van der Waals surface area (Å²) in [5.74, 6) is -2.32. The second-order valence-electron chi connectivity index (χ2n) is 26.3. The van der Waals surface area contributed by atoms with Crippen LogP contribution in [0.1, 0.15) is 336 Å². The summed E-state index contributed by atoms with van der Waals surface area (Å²) in [5.41, 5.74) is 0. The van der Waals surface area contributed by atoms with Crippen molar-refractivity contribution in [3.8, 4) is 0 Å². The Morgan fingerprint density at radius 2 is 0.560 bits per heavy atom. The Kier molecular flexibility index (Phi) is 70.4. The predicted molar refractivity (Wildman–Crippen MR) is 409 cm³/mol. The molecule has 0 aromatic carbocycles. The van der Waals surface area contributed by atoms with Gasteiger partial charge in [0.25, 0.3) is 0 Å². The zero-order chi connectivity index (χ0) is 73.2. The maximum Gasteiger partial charge on any atom is 0.472 e. The van der Waals surface area contributed by atoms with Crippen molar-refractivity contribution < 1.29 is 80.2 Å². The highest BCUT2D eigenvalue weighted by molar-refractivity contribution is 7.47. The molecule has 0 heterocycles. The summed E-state index contributed by atoms with van der Waals surface area (Å²) in [6, 6.07) is 0. The van der Waals surface area contributed by atoms with Gasteiger partial charge in [0.15, 0.2) is 12.2 Å². The third-order valence-corrected chi connectivity index (χ3v) is 18.5. The minimum atomic E-state index is -5.00. The Morgan fingerprint density at radius 3 is 0.890 bits per heavy atom. The largest absolute Gasteiger partial charge is 0.472 e. The van der Waals surface area contributed by atoms with Crippen LogP contribution in [0.25, 0.3) is 0 Å². The summed E-state index contributed by atoms with van der Waals surface area (Å²) in [4.78, 5) is 72.9. The molecule has 0 amide bonds. The first-order valence-corrected chi connectivity index (χ1v) is 42.5. The molecular formula is C81H142O17P2. The lowest BCUT2D eigenvalue weighted by Gasteiger charge is -2.21. The van der Waals surface area contributed by atoms with Crippen molar-refractivity contribution in [2.75, 3.05) is 39.6 Å². The van der Waals surface area contributed by atoms with Crippen LogP contribution in [-0.4, -0.2) is 96.7 Å². The number of aliphatic hydroxyl groups is 1. The lowest BCUT2D eigenvalue weighted by Crippen LogP contribution is -2.30. The van der Waals surface area contributed by atoms with E-state index >= 15 is 0 Å². The highest BCUT2D eigenvalue weighted by atomic mass is 31.2. The molecule has 3 N–H and O–H groups in total. The Morgan fingerprint density at radius 1 is 0.300 bits per heavy atom. The van der Waals surface area contributed by atoms with Crippen LogP contribution in [0.3, 0.4) is 0 Å². The van der Waals surface area contributed by atoms with Crippen molar-refractivity contribution in [1.82, 2.24) is 0 Å². The van der Waals surface area contributed by atoms with Gasteiger partial charge in [0.2, 0.25) is 0 Å². The Bertz CT molecular complexity index is 2270. The Labute approximate surface area is 607 Å². The number of hydrogen-bond acceptors (Lipinski definition) is 15. The smallest absolute Gasteiger partial charge is 0.462 e. The van der Waals surface area contributed by atoms with Crippen molar-refractivity contribution in [2.24, 2.45) is 0 Å². The monoisotopic (exact) mass is 1450 g/mol. The topological polar surface area (TPSA) is 237 Å². The van der Waals surface area contributed by atoms with E-state index in [2.05, 4.69) is 101 Å². The van der Waals surface area contributed by atoms with Crippen LogP contribution in [0.5, 0.6) is 0 Å². The molecule has 0 aliphatic rings. The van der Waals surface area contributed by atoms with Gasteiger partial charge in [-0.05, 0) is 83.5 Å². The van der Waals surface area contributed by atoms with E-state index < -0.39 is 97.5 Å². The summed E-state index contributed by atoms with van der Waals surface area (Å²) in [6.07, 6.45) is 77.0. The molecule has 0 bridgehead atoms. The standard InChI is InChI=1S/C81H142O17P2/c1-5-9-13-17-21-25-29-33-37-41-45-49-53-57-61-65-78(83)91-71-76(97-80(85)67-63-59-55-51-47-43-39-35-31-27-23-19-15-11-7-3)73-95-99(87,88)93-69-75(82)70-94-100(89,90)96-74-77(98-81(86)68-64-60-56-52-48-44-40-36-32-28-24-20-16-12-8-4)72-92-79(84)66-62-58-54-50-46-42-38-34-30-26-22-18-14-10-6-2/h9,11,13,15,21,23,25,27,33,35,37,39,45,49,57,61,75-77,82H,5-8,10,12,14,16-20,22,24,26,28-32,34,36,38,40-44,46-48,50-56,58-60,62-74H2,1-4H3,(H,87,88)(H,89,90)/b13-9-,15-11-,25-21-,27-23-,37-33-,39-35-,49-45-,61-57-. The minimum absolute atomic E-state index is 0.0561. The van der Waals surface area contributed by atoms with E-state index in [4.69, 9.17) is 37.0 Å². The number of phosphoric acid groups is 2. The lowest BCUT2D eigenvalue weighted by molar-refractivity contribution is -0.161. The Hall–Kier alpha value is -4.02. The quantitative estimate of drug-likeness (QED) is 0.0169. The van der Waals surface area contributed by atoms with Crippen LogP contribution >= 0.6 is 15.6 Å². The highest BCUT2D eigenvalue weighted by Crippen LogP contribution is 2.45. The number of phosphoric ester groups is 2. The van der Waals surface area contributed by atoms with Crippen LogP contribution in [-0.2, 0) is 65.4 Å². The molecule has 17 nitrogen and oxygen atoms in total. The van der Waals surface area contributed by atoms with Crippen molar-refractivity contribution >= 4 is 39.5 Å². The molecule has 578 valence electrons. The van der Waals surface area contributed by atoms with Crippen molar-refractivity contribution in [3.05, 3.63) is 97.2 Å². The van der Waals surface area contributed by atoms with E-state index in [9.17, 15) is 43.2 Å². The van der Waals surface area contributed by atoms with E-state index in [1.807, 2.05) is 18.2 Å². The summed E-state index contributed by atoms with van der Waals surface area (Å²) in [7, 11) is -9.97. The number of carbonyl (C=O) groups is 4. The molecular weight excluding hydrogens is 1310 g/mol. The van der Waals surface area contributed by atoms with Crippen molar-refractivity contribution in [3.63, 3.8) is 0 Å². The molecule has 0 radical (unpaired) electrons. The number of unbranched alkanes of at least 4 members (excludes halogenated alkanes) is 33.